The van der Waals surface area contributed by atoms with Gasteiger partial charge in [-0.2, -0.15) is 0 Å². The fraction of sp³-hybridized carbons (Fsp3) is 0.500. The Morgan fingerprint density at radius 1 is 1.44 bits per heavy atom. The molecule has 1 aliphatic rings. The molecule has 0 radical (unpaired) electrons. The van der Waals surface area contributed by atoms with Crippen molar-refractivity contribution in [3.8, 4) is 11.5 Å². The van der Waals surface area contributed by atoms with Crippen molar-refractivity contribution in [2.45, 2.75) is 32.0 Å². The summed E-state index contributed by atoms with van der Waals surface area (Å²) in [5.41, 5.74) is 0.812. The SMILES string of the molecule is CC(C)NC1c2cc(O)ccc2OCC1O. The lowest BCUT2D eigenvalue weighted by Gasteiger charge is -2.32. The Balaban J connectivity index is 2.34. The quantitative estimate of drug-likeness (QED) is 0.704. The molecule has 4 nitrogen and oxygen atoms in total. The van der Waals surface area contributed by atoms with Crippen molar-refractivity contribution in [3.05, 3.63) is 23.8 Å². The Kier molecular flexibility index (Phi) is 3.03. The first kappa shape index (κ1) is 11.2. The van der Waals surface area contributed by atoms with Crippen LogP contribution in [0.3, 0.4) is 0 Å². The molecule has 0 amide bonds. The maximum Gasteiger partial charge on any atom is 0.124 e. The number of rotatable bonds is 2. The van der Waals surface area contributed by atoms with E-state index in [0.717, 1.165) is 11.3 Å². The van der Waals surface area contributed by atoms with E-state index < -0.39 is 6.10 Å². The van der Waals surface area contributed by atoms with Crippen LogP contribution >= 0.6 is 0 Å². The normalized spacial score (nSPS) is 24.0. The van der Waals surface area contributed by atoms with E-state index >= 15 is 0 Å². The number of aliphatic hydroxyl groups is 1. The maximum absolute atomic E-state index is 9.89. The zero-order valence-electron chi connectivity index (χ0n) is 9.47. The van der Waals surface area contributed by atoms with Crippen LogP contribution in [0.4, 0.5) is 0 Å². The van der Waals surface area contributed by atoms with Gasteiger partial charge < -0.3 is 20.3 Å². The molecule has 4 heteroatoms. The molecule has 1 aliphatic heterocycles. The molecule has 2 rings (SSSR count). The van der Waals surface area contributed by atoms with Gasteiger partial charge in [0.1, 0.15) is 24.2 Å². The average Bonchev–Trinajstić information content (AvgIpc) is 2.22. The van der Waals surface area contributed by atoms with E-state index in [9.17, 15) is 10.2 Å². The van der Waals surface area contributed by atoms with Crippen LogP contribution in [0.1, 0.15) is 25.5 Å². The number of aromatic hydroxyl groups is 1. The van der Waals surface area contributed by atoms with Crippen LogP contribution in [0, 0.1) is 0 Å². The Morgan fingerprint density at radius 2 is 2.19 bits per heavy atom. The van der Waals surface area contributed by atoms with E-state index in [-0.39, 0.29) is 24.4 Å². The minimum atomic E-state index is -0.586. The van der Waals surface area contributed by atoms with Crippen LogP contribution in [-0.4, -0.2) is 29.0 Å². The number of hydrogen-bond donors (Lipinski definition) is 3. The molecule has 2 atom stereocenters. The fourth-order valence-electron chi connectivity index (χ4n) is 1.95. The third-order valence-electron chi connectivity index (χ3n) is 2.64. The average molecular weight is 223 g/mol. The summed E-state index contributed by atoms with van der Waals surface area (Å²) in [4.78, 5) is 0. The molecule has 1 aromatic carbocycles. The van der Waals surface area contributed by atoms with Gasteiger partial charge in [0.05, 0.1) is 6.04 Å². The van der Waals surface area contributed by atoms with Crippen molar-refractivity contribution in [3.63, 3.8) is 0 Å². The first-order valence-corrected chi connectivity index (χ1v) is 5.47. The number of phenols is 1. The van der Waals surface area contributed by atoms with Crippen molar-refractivity contribution in [1.82, 2.24) is 5.32 Å². The zero-order valence-corrected chi connectivity index (χ0v) is 9.47. The highest BCUT2D eigenvalue weighted by Crippen LogP contribution is 2.34. The van der Waals surface area contributed by atoms with Crippen LogP contribution in [0.25, 0.3) is 0 Å². The molecule has 1 heterocycles. The number of nitrogens with one attached hydrogen (secondary N) is 1. The molecule has 88 valence electrons. The molecule has 0 aromatic heterocycles. The Bertz CT molecular complexity index is 379. The molecule has 0 fully saturated rings. The lowest BCUT2D eigenvalue weighted by Crippen LogP contribution is -2.41. The molecular formula is C12H17NO3. The minimum Gasteiger partial charge on any atom is -0.508 e. The van der Waals surface area contributed by atoms with Gasteiger partial charge in [0, 0.05) is 11.6 Å². The molecule has 2 unspecified atom stereocenters. The van der Waals surface area contributed by atoms with Gasteiger partial charge in [0.2, 0.25) is 0 Å². The van der Waals surface area contributed by atoms with Crippen molar-refractivity contribution in [1.29, 1.82) is 0 Å². The van der Waals surface area contributed by atoms with Crippen molar-refractivity contribution in [2.24, 2.45) is 0 Å². The lowest BCUT2D eigenvalue weighted by atomic mass is 9.97. The largest absolute Gasteiger partial charge is 0.508 e. The van der Waals surface area contributed by atoms with E-state index in [1.165, 1.54) is 0 Å². The van der Waals surface area contributed by atoms with Crippen molar-refractivity contribution in [2.75, 3.05) is 6.61 Å². The predicted molar refractivity (Wildman–Crippen MR) is 60.6 cm³/mol. The van der Waals surface area contributed by atoms with Crippen LogP contribution < -0.4 is 10.1 Å². The highest BCUT2D eigenvalue weighted by atomic mass is 16.5. The van der Waals surface area contributed by atoms with Gasteiger partial charge in [-0.25, -0.2) is 0 Å². The van der Waals surface area contributed by atoms with Crippen molar-refractivity contribution >= 4 is 0 Å². The number of ether oxygens (including phenoxy) is 1. The lowest BCUT2D eigenvalue weighted by molar-refractivity contribution is 0.0521. The summed E-state index contributed by atoms with van der Waals surface area (Å²) in [6.45, 7) is 4.32. The third-order valence-corrected chi connectivity index (χ3v) is 2.64. The summed E-state index contributed by atoms with van der Waals surface area (Å²) in [7, 11) is 0. The zero-order chi connectivity index (χ0) is 11.7. The second-order valence-electron chi connectivity index (χ2n) is 4.40. The van der Waals surface area contributed by atoms with E-state index in [1.54, 1.807) is 18.2 Å². The van der Waals surface area contributed by atoms with Gasteiger partial charge in [-0.05, 0) is 18.2 Å². The van der Waals surface area contributed by atoms with Gasteiger partial charge in [0.25, 0.3) is 0 Å². The highest BCUT2D eigenvalue weighted by Gasteiger charge is 2.29. The van der Waals surface area contributed by atoms with E-state index in [1.807, 2.05) is 13.8 Å². The molecule has 0 saturated carbocycles. The summed E-state index contributed by atoms with van der Waals surface area (Å²) in [6, 6.07) is 5.02. The Morgan fingerprint density at radius 3 is 2.88 bits per heavy atom. The Hall–Kier alpha value is -1.26. The van der Waals surface area contributed by atoms with Gasteiger partial charge in [-0.15, -0.1) is 0 Å². The third kappa shape index (κ3) is 2.13. The van der Waals surface area contributed by atoms with Crippen LogP contribution in [-0.2, 0) is 0 Å². The molecule has 16 heavy (non-hydrogen) atoms. The first-order chi connectivity index (χ1) is 7.58. The van der Waals surface area contributed by atoms with Crippen LogP contribution in [0.15, 0.2) is 18.2 Å². The summed E-state index contributed by atoms with van der Waals surface area (Å²) in [5, 5.41) is 22.6. The van der Waals surface area contributed by atoms with E-state index in [4.69, 9.17) is 4.74 Å². The van der Waals surface area contributed by atoms with Gasteiger partial charge in [0.15, 0.2) is 0 Å². The second kappa shape index (κ2) is 4.31. The number of benzene rings is 1. The van der Waals surface area contributed by atoms with Crippen LogP contribution in [0.5, 0.6) is 11.5 Å². The minimum absolute atomic E-state index is 0.184. The summed E-state index contributed by atoms with van der Waals surface area (Å²) in [6.07, 6.45) is -0.586. The topological polar surface area (TPSA) is 61.7 Å². The summed E-state index contributed by atoms with van der Waals surface area (Å²) < 4.78 is 5.40. The highest BCUT2D eigenvalue weighted by molar-refractivity contribution is 5.43. The smallest absolute Gasteiger partial charge is 0.124 e. The predicted octanol–water partition coefficient (Wildman–Crippen LogP) is 1.18. The number of hydrogen-bond acceptors (Lipinski definition) is 4. The van der Waals surface area contributed by atoms with Gasteiger partial charge >= 0.3 is 0 Å². The Labute approximate surface area is 94.9 Å². The number of aliphatic hydroxyl groups excluding tert-OH is 1. The van der Waals surface area contributed by atoms with Crippen molar-refractivity contribution < 1.29 is 14.9 Å². The number of phenolic OH excluding ortho intramolecular Hbond substituents is 1. The second-order valence-corrected chi connectivity index (χ2v) is 4.40. The monoisotopic (exact) mass is 223 g/mol. The molecule has 0 saturated heterocycles. The van der Waals surface area contributed by atoms with E-state index in [0.29, 0.717) is 0 Å². The first-order valence-electron chi connectivity index (χ1n) is 5.47. The molecule has 0 spiro atoms. The number of fused-ring (bicyclic) bond motifs is 1. The molecule has 3 N–H and O–H groups in total. The summed E-state index contributed by atoms with van der Waals surface area (Å²) >= 11 is 0. The van der Waals surface area contributed by atoms with E-state index in [2.05, 4.69) is 5.32 Å². The fourth-order valence-corrected chi connectivity index (χ4v) is 1.95. The molecular weight excluding hydrogens is 206 g/mol. The molecule has 0 bridgehead atoms. The molecule has 1 aromatic rings. The van der Waals surface area contributed by atoms with Gasteiger partial charge in [-0.1, -0.05) is 13.8 Å². The molecule has 0 aliphatic carbocycles. The maximum atomic E-state index is 9.89. The van der Waals surface area contributed by atoms with Gasteiger partial charge in [-0.3, -0.25) is 0 Å². The standard InChI is InChI=1S/C12H17NO3/c1-7(2)13-12-9-5-8(14)3-4-11(9)16-6-10(12)15/h3-5,7,10,12-15H,6H2,1-2H3. The summed E-state index contributed by atoms with van der Waals surface area (Å²) in [5.74, 6) is 0.910. The van der Waals surface area contributed by atoms with Crippen LogP contribution in [0.2, 0.25) is 0 Å².